The smallest absolute Gasteiger partial charge is 0.373 e. The number of alkyl halides is 2. The maximum absolute atomic E-state index is 15.9. The molecule has 6 heterocycles. The number of H-pyrrole nitrogens is 2. The van der Waals surface area contributed by atoms with Crippen LogP contribution in [0.1, 0.15) is 60.9 Å². The van der Waals surface area contributed by atoms with Crippen LogP contribution < -0.4 is 27.6 Å². The van der Waals surface area contributed by atoms with Crippen LogP contribution in [0.4, 0.5) is 8.78 Å². The molecule has 0 aliphatic carbocycles. The monoisotopic (exact) mass is 795 g/mol. The number of halogens is 2. The summed E-state index contributed by atoms with van der Waals surface area (Å²) in [5.41, 5.74) is -2.72. The van der Waals surface area contributed by atoms with E-state index in [-0.39, 0.29) is 18.1 Å². The van der Waals surface area contributed by atoms with Crippen LogP contribution in [-0.2, 0) is 47.1 Å². The number of hydrogen-bond donors (Lipinski definition) is 4. The van der Waals surface area contributed by atoms with Crippen molar-refractivity contribution in [1.29, 1.82) is 0 Å². The number of aromatic nitrogens is 4. The molecular formula is C31H44F2N5O15P. The molecular weight excluding hydrogens is 751 g/mol. The van der Waals surface area contributed by atoms with Crippen LogP contribution >= 0.6 is 7.52 Å². The Bertz CT molecular complexity index is 1980. The van der Waals surface area contributed by atoms with Crippen molar-refractivity contribution in [2.75, 3.05) is 19.9 Å². The van der Waals surface area contributed by atoms with Crippen LogP contribution in [0.15, 0.2) is 43.7 Å². The Kier molecular flexibility index (Phi) is 12.7. The predicted molar refractivity (Wildman–Crippen MR) is 177 cm³/mol. The van der Waals surface area contributed by atoms with E-state index in [1.807, 2.05) is 20.8 Å². The minimum Gasteiger partial charge on any atom is -0.390 e. The van der Waals surface area contributed by atoms with Crippen molar-refractivity contribution >= 4 is 13.7 Å². The Hall–Kier alpha value is -3.53. The third-order valence-electron chi connectivity index (χ3n) is 8.72. The van der Waals surface area contributed by atoms with Crippen LogP contribution in [0, 0.1) is 5.92 Å². The minimum atomic E-state index is -3.36. The Balaban J connectivity index is 0.000000236. The third kappa shape index (κ3) is 9.46. The molecule has 302 valence electrons. The van der Waals surface area contributed by atoms with Gasteiger partial charge in [-0.05, 0) is 40.5 Å². The molecule has 10 atom stereocenters. The van der Waals surface area contributed by atoms with E-state index >= 15 is 4.39 Å². The van der Waals surface area contributed by atoms with Crippen LogP contribution in [-0.4, -0.2) is 104 Å². The zero-order chi connectivity index (χ0) is 40.6. The van der Waals surface area contributed by atoms with Gasteiger partial charge in [0.1, 0.15) is 25.4 Å². The molecule has 23 heteroatoms. The number of carbonyl (C=O) groups excluding carboxylic acids is 2. The molecule has 0 spiro atoms. The van der Waals surface area contributed by atoms with Gasteiger partial charge in [-0.15, -0.1) is 0 Å². The molecule has 4 saturated heterocycles. The molecule has 0 saturated carbocycles. The first kappa shape index (κ1) is 43.2. The lowest BCUT2D eigenvalue weighted by molar-refractivity contribution is -0.265. The van der Waals surface area contributed by atoms with Gasteiger partial charge in [0, 0.05) is 37.2 Å². The molecule has 4 N–H and O–H groups in total. The van der Waals surface area contributed by atoms with Gasteiger partial charge in [-0.1, -0.05) is 13.8 Å². The Labute approximate surface area is 305 Å². The lowest BCUT2D eigenvalue weighted by Crippen LogP contribution is -2.43. The molecule has 0 aromatic carbocycles. The van der Waals surface area contributed by atoms with Crippen molar-refractivity contribution in [2.45, 2.75) is 115 Å². The number of ether oxygens (including phenoxy) is 6. The molecule has 4 aliphatic heterocycles. The Morgan fingerprint density at radius 2 is 1.24 bits per heavy atom. The van der Waals surface area contributed by atoms with Gasteiger partial charge in [0.05, 0.1) is 0 Å². The van der Waals surface area contributed by atoms with Gasteiger partial charge in [0.25, 0.3) is 30.3 Å². The number of rotatable bonds is 9. The number of fused-ring (bicyclic) bond motifs is 2. The first-order valence-electron chi connectivity index (χ1n) is 16.6. The lowest BCUT2D eigenvalue weighted by atomic mass is 10.1. The highest BCUT2D eigenvalue weighted by Gasteiger charge is 2.66. The summed E-state index contributed by atoms with van der Waals surface area (Å²) >= 11 is 0. The first-order chi connectivity index (χ1) is 24.9. The van der Waals surface area contributed by atoms with E-state index in [1.165, 1.54) is 19.1 Å². The normalized spacial score (nSPS) is 33.3. The molecule has 3 unspecified atom stereocenters. The number of nitrogens with one attached hydrogen (secondary N) is 3. The molecule has 0 radical (unpaired) electrons. The fourth-order valence-electron chi connectivity index (χ4n) is 6.03. The zero-order valence-electron chi connectivity index (χ0n) is 30.6. The standard InChI is InChI=1S/C18H29FN3O7P.C12H15FN2O6.CO2/c1-10(2)11(3)21-30(6,25)26-9-18(19)14-13(27-17(4,5)28-14)15(29-18)22-8-7-12(23)20-16(22)24;1-11(2)19-7-8(20-11)12(13,5-16)21-9(7)15-4-3-6(17)14-10(15)18;2-1-3/h7-8,10-11,13-15H,9H2,1-6H3,(H,21,25)(H,20,23,24);3-4,7-9,16H,5H2,1-2H3,(H,14,17,18);/t11-,13-,14?,15+,18+,30?;7-,8?,9+,12+;/m00./s1. The van der Waals surface area contributed by atoms with Crippen LogP contribution in [0.2, 0.25) is 0 Å². The highest BCUT2D eigenvalue weighted by molar-refractivity contribution is 7.56. The van der Waals surface area contributed by atoms with Crippen molar-refractivity contribution in [3.05, 3.63) is 66.2 Å². The maximum atomic E-state index is 15.9. The maximum Gasteiger partial charge on any atom is 0.373 e. The number of aromatic amines is 2. The van der Waals surface area contributed by atoms with Gasteiger partial charge in [-0.2, -0.15) is 9.59 Å². The summed E-state index contributed by atoms with van der Waals surface area (Å²) in [5, 5.41) is 12.1. The number of nitrogens with zero attached hydrogens (tertiary/aromatic N) is 2. The molecule has 54 heavy (non-hydrogen) atoms. The van der Waals surface area contributed by atoms with Gasteiger partial charge in [0.15, 0.2) is 36.2 Å². The van der Waals surface area contributed by atoms with E-state index < -0.39 is 103 Å². The summed E-state index contributed by atoms with van der Waals surface area (Å²) in [6, 6.07) is 2.11. The van der Waals surface area contributed by atoms with Crippen molar-refractivity contribution in [3.8, 4) is 0 Å². The van der Waals surface area contributed by atoms with Crippen LogP contribution in [0.3, 0.4) is 0 Å². The zero-order valence-corrected chi connectivity index (χ0v) is 31.5. The van der Waals surface area contributed by atoms with E-state index in [9.17, 15) is 33.2 Å². The average Bonchev–Trinajstić information content (AvgIpc) is 3.72. The molecule has 6 rings (SSSR count). The van der Waals surface area contributed by atoms with Crippen molar-refractivity contribution < 1.29 is 61.0 Å². The van der Waals surface area contributed by atoms with Crippen molar-refractivity contribution in [3.63, 3.8) is 0 Å². The summed E-state index contributed by atoms with van der Waals surface area (Å²) in [6.45, 7) is 11.9. The average molecular weight is 796 g/mol. The summed E-state index contributed by atoms with van der Waals surface area (Å²) in [4.78, 5) is 66.9. The first-order valence-corrected chi connectivity index (χ1v) is 18.7. The Morgan fingerprint density at radius 3 is 1.63 bits per heavy atom. The number of aliphatic hydroxyl groups excluding tert-OH is 1. The minimum absolute atomic E-state index is 0.119. The quantitative estimate of drug-likeness (QED) is 0.250. The highest BCUT2D eigenvalue weighted by Crippen LogP contribution is 2.51. The molecule has 20 nitrogen and oxygen atoms in total. The third-order valence-corrected chi connectivity index (χ3v) is 10.2. The second kappa shape index (κ2) is 15.9. The molecule has 4 fully saturated rings. The Morgan fingerprint density at radius 1 is 0.833 bits per heavy atom. The molecule has 0 amide bonds. The van der Waals surface area contributed by atoms with Gasteiger partial charge >= 0.3 is 17.5 Å². The van der Waals surface area contributed by atoms with Crippen molar-refractivity contribution in [2.24, 2.45) is 5.92 Å². The molecule has 4 aliphatic rings. The topological polar surface area (TPSA) is 258 Å². The van der Waals surface area contributed by atoms with E-state index in [1.54, 1.807) is 27.7 Å². The van der Waals surface area contributed by atoms with Crippen LogP contribution in [0.5, 0.6) is 0 Å². The SMILES string of the molecule is CC(C)[C@H](C)NP(C)(=O)OC[C@@]1(F)O[C@@H](n2ccc(=O)[nH]c2=O)[C@H]2OC(C)(C)OC21.CC1(C)OC2[C@H](O1)[C@H](n1ccc(=O)[nH]c1=O)O[C@]2(F)CO.O=C=O. The van der Waals surface area contributed by atoms with Gasteiger partial charge in [0.2, 0.25) is 0 Å². The second-order valence-electron chi connectivity index (χ2n) is 14.2. The summed E-state index contributed by atoms with van der Waals surface area (Å²) in [5.74, 6) is -7.04. The molecule has 2 aromatic heterocycles. The van der Waals surface area contributed by atoms with E-state index in [4.69, 9.17) is 42.5 Å². The van der Waals surface area contributed by atoms with E-state index in [0.717, 1.165) is 21.3 Å². The summed E-state index contributed by atoms with van der Waals surface area (Å²) in [7, 11) is -3.36. The van der Waals surface area contributed by atoms with Gasteiger partial charge in [-0.25, -0.2) is 23.5 Å². The molecule has 0 bridgehead atoms. The van der Waals surface area contributed by atoms with Gasteiger partial charge < -0.3 is 38.1 Å². The second-order valence-corrected chi connectivity index (χ2v) is 16.4. The number of hydrogen-bond acceptors (Lipinski definition) is 15. The van der Waals surface area contributed by atoms with E-state index in [2.05, 4.69) is 15.1 Å². The van der Waals surface area contributed by atoms with Crippen molar-refractivity contribution in [1.82, 2.24) is 24.2 Å². The highest BCUT2D eigenvalue weighted by atomic mass is 31.2. The number of aliphatic hydroxyl groups is 1. The largest absolute Gasteiger partial charge is 0.390 e. The fourth-order valence-corrected chi connectivity index (χ4v) is 7.56. The van der Waals surface area contributed by atoms with Crippen LogP contribution in [0.25, 0.3) is 0 Å². The van der Waals surface area contributed by atoms with E-state index in [0.29, 0.717) is 0 Å². The van der Waals surface area contributed by atoms with Gasteiger partial charge in [-0.3, -0.25) is 33.3 Å². The molecule has 2 aromatic rings. The predicted octanol–water partition coefficient (Wildman–Crippen LogP) is 0.385. The summed E-state index contributed by atoms with van der Waals surface area (Å²) in [6.07, 6.45) is -4.08. The summed E-state index contributed by atoms with van der Waals surface area (Å²) < 4.78 is 83.8. The lowest BCUT2D eigenvalue weighted by Gasteiger charge is -2.30. The fraction of sp³-hybridized carbons (Fsp3) is 0.710.